The summed E-state index contributed by atoms with van der Waals surface area (Å²) in [5, 5.41) is 3.19. The fourth-order valence-electron chi connectivity index (χ4n) is 2.68. The molecule has 0 bridgehead atoms. The predicted molar refractivity (Wildman–Crippen MR) is 67.8 cm³/mol. The first kappa shape index (κ1) is 13.8. The molecule has 4 heteroatoms. The first-order valence-corrected chi connectivity index (χ1v) is 6.18. The van der Waals surface area contributed by atoms with E-state index in [9.17, 15) is 4.79 Å². The largest absolute Gasteiger partial charge is 0.341 e. The molecule has 1 saturated heterocycles. The monoisotopic (exact) mass is 246 g/mol. The molecular weight excluding hydrogens is 224 g/mol. The Morgan fingerprint density at radius 3 is 2.50 bits per heavy atom. The van der Waals surface area contributed by atoms with E-state index >= 15 is 0 Å². The van der Waals surface area contributed by atoms with Crippen molar-refractivity contribution in [2.24, 2.45) is 5.92 Å². The molecule has 1 amide bonds. The number of hydrogen-bond acceptors (Lipinski definition) is 2. The number of halogens is 1. The Hall–Kier alpha value is -0.280. The Morgan fingerprint density at radius 1 is 1.31 bits per heavy atom. The van der Waals surface area contributed by atoms with Crippen LogP contribution in [0.5, 0.6) is 0 Å². The van der Waals surface area contributed by atoms with Gasteiger partial charge in [-0.2, -0.15) is 0 Å². The highest BCUT2D eigenvalue weighted by Crippen LogP contribution is 2.27. The molecule has 0 aromatic rings. The molecule has 3 atom stereocenters. The summed E-state index contributed by atoms with van der Waals surface area (Å²) >= 11 is 0. The smallest absolute Gasteiger partial charge is 0.239 e. The second kappa shape index (κ2) is 5.87. The predicted octanol–water partition coefficient (Wildman–Crippen LogP) is 1.81. The number of nitrogens with zero attached hydrogens (tertiary/aromatic N) is 1. The first-order chi connectivity index (χ1) is 7.18. The molecule has 1 N–H and O–H groups in total. The van der Waals surface area contributed by atoms with E-state index in [-0.39, 0.29) is 18.4 Å². The molecule has 0 radical (unpaired) electrons. The molecule has 1 saturated carbocycles. The van der Waals surface area contributed by atoms with E-state index in [2.05, 4.69) is 12.2 Å². The lowest BCUT2D eigenvalue weighted by Crippen LogP contribution is -2.56. The molecule has 0 aromatic carbocycles. The Labute approximate surface area is 104 Å². The van der Waals surface area contributed by atoms with Crippen LogP contribution in [0.2, 0.25) is 0 Å². The minimum absolute atomic E-state index is 0. The van der Waals surface area contributed by atoms with Crippen LogP contribution in [0, 0.1) is 5.92 Å². The van der Waals surface area contributed by atoms with Gasteiger partial charge in [0.25, 0.3) is 0 Å². The van der Waals surface area contributed by atoms with Gasteiger partial charge < -0.3 is 10.2 Å². The Bertz CT molecular complexity index is 243. The minimum atomic E-state index is 0. The summed E-state index contributed by atoms with van der Waals surface area (Å²) in [4.78, 5) is 14.0. The topological polar surface area (TPSA) is 32.3 Å². The maximum absolute atomic E-state index is 12.0. The highest BCUT2D eigenvalue weighted by molar-refractivity contribution is 5.85. The van der Waals surface area contributed by atoms with Crippen molar-refractivity contribution in [3.05, 3.63) is 0 Å². The van der Waals surface area contributed by atoms with Crippen LogP contribution >= 0.6 is 12.4 Å². The van der Waals surface area contributed by atoms with Crippen LogP contribution in [0.4, 0.5) is 0 Å². The van der Waals surface area contributed by atoms with Gasteiger partial charge in [-0.3, -0.25) is 4.79 Å². The number of rotatable bonds is 2. The zero-order chi connectivity index (χ0) is 10.8. The molecule has 1 aliphatic heterocycles. The quantitative estimate of drug-likeness (QED) is 0.806. The average Bonchev–Trinajstić information content (AvgIpc) is 2.14. The van der Waals surface area contributed by atoms with Gasteiger partial charge in [-0.15, -0.1) is 12.4 Å². The fraction of sp³-hybridized carbons (Fsp3) is 0.917. The summed E-state index contributed by atoms with van der Waals surface area (Å²) in [5.74, 6) is 1.09. The molecule has 2 rings (SSSR count). The van der Waals surface area contributed by atoms with Crippen molar-refractivity contribution in [3.63, 3.8) is 0 Å². The van der Waals surface area contributed by atoms with E-state index in [0.717, 1.165) is 18.9 Å². The van der Waals surface area contributed by atoms with Gasteiger partial charge in [-0.1, -0.05) is 19.8 Å². The lowest BCUT2D eigenvalue weighted by atomic mass is 9.86. The molecule has 16 heavy (non-hydrogen) atoms. The normalized spacial score (nSPS) is 33.5. The maximum atomic E-state index is 12.0. The lowest BCUT2D eigenvalue weighted by Gasteiger charge is -2.38. The number of amides is 1. The third-order valence-electron chi connectivity index (χ3n) is 3.93. The second-order valence-electron chi connectivity index (χ2n) is 5.17. The molecule has 2 fully saturated rings. The van der Waals surface area contributed by atoms with Gasteiger partial charge in [-0.05, 0) is 31.7 Å². The summed E-state index contributed by atoms with van der Waals surface area (Å²) in [5.41, 5.74) is 0. The number of carbonyl (C=O) groups excluding carboxylic acids is 1. The number of hydrogen-bond donors (Lipinski definition) is 1. The SMILES string of the molecule is CC1CCCC(N(C)C(=O)[C@H]2CCN2)C1.Cl. The van der Waals surface area contributed by atoms with Crippen LogP contribution < -0.4 is 5.32 Å². The standard InChI is InChI=1S/C12H22N2O.ClH/c1-9-4-3-5-10(8-9)14(2)12(15)11-6-7-13-11;/h9-11,13H,3-8H2,1-2H3;1H/t9?,10?,11-;/m1./s1. The van der Waals surface area contributed by atoms with E-state index in [4.69, 9.17) is 0 Å². The van der Waals surface area contributed by atoms with Gasteiger partial charge in [0, 0.05) is 13.1 Å². The van der Waals surface area contributed by atoms with Crippen LogP contribution in [-0.4, -0.2) is 36.5 Å². The molecule has 2 unspecified atom stereocenters. The first-order valence-electron chi connectivity index (χ1n) is 6.18. The molecular formula is C12H23ClN2O. The third kappa shape index (κ3) is 2.89. The van der Waals surface area contributed by atoms with Crippen LogP contribution in [0.1, 0.15) is 39.0 Å². The highest BCUT2D eigenvalue weighted by Gasteiger charge is 2.32. The van der Waals surface area contributed by atoms with Crippen LogP contribution in [0.25, 0.3) is 0 Å². The van der Waals surface area contributed by atoms with Crippen molar-refractivity contribution >= 4 is 18.3 Å². The van der Waals surface area contributed by atoms with Crippen molar-refractivity contribution < 1.29 is 4.79 Å². The van der Waals surface area contributed by atoms with Crippen LogP contribution in [0.15, 0.2) is 0 Å². The molecule has 1 aliphatic carbocycles. The van der Waals surface area contributed by atoms with E-state index in [1.54, 1.807) is 0 Å². The Balaban J connectivity index is 0.00000128. The van der Waals surface area contributed by atoms with E-state index in [1.165, 1.54) is 25.7 Å². The number of likely N-dealkylation sites (N-methyl/N-ethyl adjacent to an activating group) is 1. The second-order valence-corrected chi connectivity index (χ2v) is 5.17. The van der Waals surface area contributed by atoms with Gasteiger partial charge in [0.2, 0.25) is 5.91 Å². The lowest BCUT2D eigenvalue weighted by molar-refractivity contribution is -0.136. The summed E-state index contributed by atoms with van der Waals surface area (Å²) in [6, 6.07) is 0.607. The summed E-state index contributed by atoms with van der Waals surface area (Å²) in [7, 11) is 1.98. The zero-order valence-corrected chi connectivity index (χ0v) is 11.1. The van der Waals surface area contributed by atoms with Gasteiger partial charge in [0.15, 0.2) is 0 Å². The summed E-state index contributed by atoms with van der Waals surface area (Å²) in [6.07, 6.45) is 6.02. The van der Waals surface area contributed by atoms with Gasteiger partial charge in [-0.25, -0.2) is 0 Å². The highest BCUT2D eigenvalue weighted by atomic mass is 35.5. The summed E-state index contributed by atoms with van der Waals surface area (Å²) < 4.78 is 0. The third-order valence-corrected chi connectivity index (χ3v) is 3.93. The van der Waals surface area contributed by atoms with E-state index in [0.29, 0.717) is 11.9 Å². The van der Waals surface area contributed by atoms with E-state index < -0.39 is 0 Å². The van der Waals surface area contributed by atoms with Crippen LogP contribution in [-0.2, 0) is 4.79 Å². The van der Waals surface area contributed by atoms with E-state index in [1.807, 2.05) is 11.9 Å². The van der Waals surface area contributed by atoms with Gasteiger partial charge >= 0.3 is 0 Å². The van der Waals surface area contributed by atoms with Gasteiger partial charge in [0.05, 0.1) is 6.04 Å². The fourth-order valence-corrected chi connectivity index (χ4v) is 2.68. The Kier molecular flexibility index (Phi) is 5.06. The van der Waals surface area contributed by atoms with Crippen molar-refractivity contribution in [2.45, 2.75) is 51.1 Å². The van der Waals surface area contributed by atoms with Crippen molar-refractivity contribution in [2.75, 3.05) is 13.6 Å². The molecule has 94 valence electrons. The molecule has 0 spiro atoms. The minimum Gasteiger partial charge on any atom is -0.341 e. The Morgan fingerprint density at radius 2 is 2.00 bits per heavy atom. The van der Waals surface area contributed by atoms with Crippen molar-refractivity contribution in [3.8, 4) is 0 Å². The zero-order valence-electron chi connectivity index (χ0n) is 10.2. The number of carbonyl (C=O) groups is 1. The molecule has 3 nitrogen and oxygen atoms in total. The maximum Gasteiger partial charge on any atom is 0.239 e. The molecule has 2 aliphatic rings. The average molecular weight is 247 g/mol. The van der Waals surface area contributed by atoms with Crippen molar-refractivity contribution in [1.29, 1.82) is 0 Å². The molecule has 0 aromatic heterocycles. The summed E-state index contributed by atoms with van der Waals surface area (Å²) in [6.45, 7) is 3.30. The number of nitrogens with one attached hydrogen (secondary N) is 1. The van der Waals surface area contributed by atoms with Crippen LogP contribution in [0.3, 0.4) is 0 Å². The van der Waals surface area contributed by atoms with Gasteiger partial charge in [0.1, 0.15) is 0 Å². The molecule has 1 heterocycles. The van der Waals surface area contributed by atoms with Crippen molar-refractivity contribution in [1.82, 2.24) is 10.2 Å².